The number of carbonyl (C=O) groups is 2. The zero-order valence-corrected chi connectivity index (χ0v) is 11.4. The summed E-state index contributed by atoms with van der Waals surface area (Å²) >= 11 is 0. The van der Waals surface area contributed by atoms with E-state index in [-0.39, 0.29) is 24.4 Å². The first-order valence-corrected chi connectivity index (χ1v) is 7.43. The van der Waals surface area contributed by atoms with Crippen LogP contribution in [-0.2, 0) is 18.9 Å². The van der Waals surface area contributed by atoms with Gasteiger partial charge in [0.05, 0.1) is 0 Å². The summed E-state index contributed by atoms with van der Waals surface area (Å²) in [4.78, 5) is 23.4. The van der Waals surface area contributed by atoms with Gasteiger partial charge in [-0.25, -0.2) is 9.59 Å². The van der Waals surface area contributed by atoms with E-state index in [1.807, 2.05) is 0 Å². The molecule has 0 radical (unpaired) electrons. The van der Waals surface area contributed by atoms with Crippen LogP contribution in [0.2, 0.25) is 0 Å². The summed E-state index contributed by atoms with van der Waals surface area (Å²) in [5, 5.41) is 0. The van der Waals surface area contributed by atoms with Crippen LogP contribution in [-0.4, -0.2) is 36.7 Å². The van der Waals surface area contributed by atoms with Gasteiger partial charge < -0.3 is 18.9 Å². The van der Waals surface area contributed by atoms with Gasteiger partial charge in [0, 0.05) is 0 Å². The molecule has 2 saturated carbocycles. The molecule has 0 spiro atoms. The van der Waals surface area contributed by atoms with Crippen molar-refractivity contribution in [3.05, 3.63) is 0 Å². The summed E-state index contributed by atoms with van der Waals surface area (Å²) in [5.74, 6) is 0. The molecule has 4 heterocycles. The Morgan fingerprint density at radius 1 is 0.500 bits per heavy atom. The average Bonchev–Trinajstić information content (AvgIpc) is 2.43. The van der Waals surface area contributed by atoms with Gasteiger partial charge in [-0.05, 0) is 51.4 Å². The van der Waals surface area contributed by atoms with Crippen LogP contribution in [0.25, 0.3) is 0 Å². The Balaban J connectivity index is 1.66. The lowest BCUT2D eigenvalue weighted by Gasteiger charge is -2.32. The second-order valence-electron chi connectivity index (χ2n) is 5.77. The van der Waals surface area contributed by atoms with E-state index in [0.717, 1.165) is 0 Å². The first-order chi connectivity index (χ1) is 9.69. The molecule has 0 N–H and O–H groups in total. The Hall–Kier alpha value is -1.46. The highest BCUT2D eigenvalue weighted by atomic mass is 16.7. The lowest BCUT2D eigenvalue weighted by atomic mass is 9.94. The first-order valence-electron chi connectivity index (χ1n) is 7.43. The van der Waals surface area contributed by atoms with Crippen molar-refractivity contribution in [2.75, 3.05) is 0 Å². The van der Waals surface area contributed by atoms with E-state index in [0.29, 0.717) is 51.4 Å². The highest BCUT2D eigenvalue weighted by molar-refractivity contribution is 5.61. The number of carbonyl (C=O) groups excluding carboxylic acids is 2. The van der Waals surface area contributed by atoms with Crippen molar-refractivity contribution in [3.63, 3.8) is 0 Å². The van der Waals surface area contributed by atoms with Gasteiger partial charge in [0.15, 0.2) is 0 Å². The molecule has 2 aliphatic carbocycles. The molecular formula is C14H20O6. The molecule has 6 aliphatic rings. The number of hydrogen-bond acceptors (Lipinski definition) is 6. The predicted molar refractivity (Wildman–Crippen MR) is 67.2 cm³/mol. The van der Waals surface area contributed by atoms with Gasteiger partial charge in [-0.1, -0.05) is 0 Å². The molecule has 6 nitrogen and oxygen atoms in total. The van der Waals surface area contributed by atoms with Gasteiger partial charge in [-0.3, -0.25) is 0 Å². The average molecular weight is 284 g/mol. The van der Waals surface area contributed by atoms with Crippen molar-refractivity contribution in [3.8, 4) is 0 Å². The van der Waals surface area contributed by atoms with Crippen LogP contribution in [0.3, 0.4) is 0 Å². The monoisotopic (exact) mass is 284 g/mol. The summed E-state index contributed by atoms with van der Waals surface area (Å²) in [6, 6.07) is 0. The van der Waals surface area contributed by atoms with Crippen LogP contribution >= 0.6 is 0 Å². The van der Waals surface area contributed by atoms with Crippen molar-refractivity contribution in [2.45, 2.75) is 75.8 Å². The van der Waals surface area contributed by atoms with Gasteiger partial charge in [0.25, 0.3) is 0 Å². The van der Waals surface area contributed by atoms with E-state index >= 15 is 0 Å². The van der Waals surface area contributed by atoms with Gasteiger partial charge in [-0.2, -0.15) is 0 Å². The van der Waals surface area contributed by atoms with Crippen molar-refractivity contribution in [1.82, 2.24) is 0 Å². The predicted octanol–water partition coefficient (Wildman–Crippen LogP) is 2.93. The SMILES string of the molecule is O=C1OC2CCC(CC2)OC(=O)OC2CCC(CC2)O1. The van der Waals surface area contributed by atoms with Crippen LogP contribution in [0.1, 0.15) is 51.4 Å². The maximum Gasteiger partial charge on any atom is 0.508 e. The molecule has 0 aromatic rings. The van der Waals surface area contributed by atoms with Crippen molar-refractivity contribution < 1.29 is 28.5 Å². The van der Waals surface area contributed by atoms with Gasteiger partial charge >= 0.3 is 12.3 Å². The molecule has 0 aromatic heterocycles. The molecule has 0 amide bonds. The lowest BCUT2D eigenvalue weighted by molar-refractivity contribution is -0.0693. The molecule has 20 heavy (non-hydrogen) atoms. The third-order valence-corrected chi connectivity index (χ3v) is 4.29. The zero-order valence-electron chi connectivity index (χ0n) is 11.4. The zero-order chi connectivity index (χ0) is 13.9. The maximum atomic E-state index is 11.7. The third kappa shape index (κ3) is 3.35. The standard InChI is InChI=1S/C14H20O6/c15-13-17-9-1-2-10(4-3-9)18-14(16)20-12-7-5-11(19-13)6-8-12/h9-12H,1-8H2. The van der Waals surface area contributed by atoms with E-state index in [2.05, 4.69) is 0 Å². The Morgan fingerprint density at radius 3 is 0.900 bits per heavy atom. The highest BCUT2D eigenvalue weighted by Crippen LogP contribution is 2.28. The van der Waals surface area contributed by atoms with Crippen LogP contribution in [0.4, 0.5) is 9.59 Å². The number of rotatable bonds is 0. The Bertz CT molecular complexity index is 298. The van der Waals surface area contributed by atoms with E-state index in [1.54, 1.807) is 0 Å². The van der Waals surface area contributed by atoms with E-state index < -0.39 is 12.3 Å². The van der Waals surface area contributed by atoms with Crippen molar-refractivity contribution >= 4 is 12.3 Å². The van der Waals surface area contributed by atoms with Crippen LogP contribution in [0.5, 0.6) is 0 Å². The van der Waals surface area contributed by atoms with E-state index in [1.165, 1.54) is 0 Å². The second-order valence-corrected chi connectivity index (χ2v) is 5.77. The Morgan fingerprint density at radius 2 is 0.700 bits per heavy atom. The Kier molecular flexibility index (Phi) is 3.98. The topological polar surface area (TPSA) is 71.1 Å². The first kappa shape index (κ1) is 13.5. The fraction of sp³-hybridized carbons (Fsp3) is 0.857. The summed E-state index contributed by atoms with van der Waals surface area (Å²) in [5.41, 5.74) is 0. The van der Waals surface area contributed by atoms with E-state index in [9.17, 15) is 9.59 Å². The molecule has 0 atom stereocenters. The minimum atomic E-state index is -0.563. The molecule has 6 heteroatoms. The minimum absolute atomic E-state index is 0.127. The summed E-state index contributed by atoms with van der Waals surface area (Å²) in [6.45, 7) is 0. The van der Waals surface area contributed by atoms with Gasteiger partial charge in [0.2, 0.25) is 0 Å². The van der Waals surface area contributed by atoms with Crippen LogP contribution < -0.4 is 0 Å². The van der Waals surface area contributed by atoms with Crippen molar-refractivity contribution in [2.24, 2.45) is 0 Å². The molecule has 6 rings (SSSR count). The summed E-state index contributed by atoms with van der Waals surface area (Å²) in [7, 11) is 0. The fourth-order valence-electron chi connectivity index (χ4n) is 3.14. The van der Waals surface area contributed by atoms with E-state index in [4.69, 9.17) is 18.9 Å². The smallest absolute Gasteiger partial charge is 0.431 e. The largest absolute Gasteiger partial charge is 0.508 e. The summed E-state index contributed by atoms with van der Waals surface area (Å²) in [6.07, 6.45) is 3.93. The van der Waals surface area contributed by atoms with Crippen LogP contribution in [0, 0.1) is 0 Å². The number of ether oxygens (including phenoxy) is 4. The number of hydrogen-bond donors (Lipinski definition) is 0. The molecule has 4 bridgehead atoms. The fourth-order valence-corrected chi connectivity index (χ4v) is 3.14. The molecule has 6 fully saturated rings. The molecule has 4 aliphatic heterocycles. The molecular weight excluding hydrogens is 264 g/mol. The Labute approximate surface area is 117 Å². The van der Waals surface area contributed by atoms with Gasteiger partial charge in [-0.15, -0.1) is 0 Å². The lowest BCUT2D eigenvalue weighted by Crippen LogP contribution is -2.35. The third-order valence-electron chi connectivity index (χ3n) is 4.29. The maximum absolute atomic E-state index is 11.7. The molecule has 112 valence electrons. The van der Waals surface area contributed by atoms with Crippen molar-refractivity contribution in [1.29, 1.82) is 0 Å². The quantitative estimate of drug-likeness (QED) is 0.637. The normalized spacial score (nSPS) is 38.2. The minimum Gasteiger partial charge on any atom is -0.431 e. The van der Waals surface area contributed by atoms with Crippen LogP contribution in [0.15, 0.2) is 0 Å². The van der Waals surface area contributed by atoms with Gasteiger partial charge in [0.1, 0.15) is 24.4 Å². The molecule has 0 unspecified atom stereocenters. The highest BCUT2D eigenvalue weighted by Gasteiger charge is 2.32. The molecule has 4 saturated heterocycles. The summed E-state index contributed by atoms with van der Waals surface area (Å²) < 4.78 is 21.3. The second kappa shape index (κ2) is 5.89. The molecule has 0 aromatic carbocycles.